The van der Waals surface area contributed by atoms with Crippen LogP contribution in [-0.4, -0.2) is 135 Å². The highest BCUT2D eigenvalue weighted by Crippen LogP contribution is 2.37. The van der Waals surface area contributed by atoms with E-state index >= 15 is 0 Å². The number of ether oxygens (including phenoxy) is 2. The topological polar surface area (TPSA) is 117 Å². The lowest BCUT2D eigenvalue weighted by Gasteiger charge is -2.32. The lowest BCUT2D eigenvalue weighted by atomic mass is 9.93. The molecule has 0 spiro atoms. The Bertz CT molecular complexity index is 2140. The number of nitrogens with zero attached hydrogens (tertiary/aromatic N) is 4. The quantitative estimate of drug-likeness (QED) is 0.0662. The van der Waals surface area contributed by atoms with Crippen LogP contribution < -0.4 is 21.9 Å². The molecule has 4 aromatic carbocycles. The molecular formula is C50H74Cl2N4O7. The van der Waals surface area contributed by atoms with Crippen LogP contribution in [0.1, 0.15) is 104 Å². The van der Waals surface area contributed by atoms with Crippen molar-refractivity contribution in [3.8, 4) is 11.5 Å². The Hall–Kier alpha value is -4.78. The first-order valence-corrected chi connectivity index (χ1v) is 20.2. The number of benzene rings is 4. The van der Waals surface area contributed by atoms with E-state index in [0.29, 0.717) is 63.5 Å². The molecule has 4 amide bonds. The van der Waals surface area contributed by atoms with E-state index < -0.39 is 0 Å². The Labute approximate surface area is 389 Å². The van der Waals surface area contributed by atoms with Crippen molar-refractivity contribution in [2.45, 2.75) is 68.9 Å². The van der Waals surface area contributed by atoms with Crippen LogP contribution in [0.15, 0.2) is 85.0 Å². The number of hydrogen-bond donors (Lipinski definition) is 1. The molecule has 0 aliphatic carbocycles. The summed E-state index contributed by atoms with van der Waals surface area (Å²) >= 11 is 5.24. The normalized spacial score (nSPS) is 12.3. The van der Waals surface area contributed by atoms with Crippen LogP contribution in [0.25, 0.3) is 21.5 Å². The summed E-state index contributed by atoms with van der Waals surface area (Å²) in [4.78, 5) is 56.2. The number of allylic oxidation sites excluding steroid dienone is 1. The molecule has 0 atom stereocenters. The van der Waals surface area contributed by atoms with Crippen molar-refractivity contribution in [2.24, 2.45) is 0 Å². The molecule has 0 aromatic heterocycles. The van der Waals surface area contributed by atoms with Gasteiger partial charge in [-0.25, -0.2) is 0 Å². The van der Waals surface area contributed by atoms with Gasteiger partial charge in [-0.2, -0.15) is 0 Å². The van der Waals surface area contributed by atoms with E-state index in [9.17, 15) is 19.2 Å². The summed E-state index contributed by atoms with van der Waals surface area (Å²) < 4.78 is 11.5. The standard InChI is InChI=1S/C22H27N2O3.C18H20N2O3.C4H7Cl.C3H8O.3CH4.ClH/c1-15(2)14-24(3,4)13-7-12-23-21(25)17-9-6-8-16-19(27-5)11-10-18(20(16)17)22(23)26;1-19(2)10-5-11-20-17(21)13-7-4-6-12-15(23-3)9-8-14(16(12)13)18(20)22;1-4(2)3-5;1-3(2)4;;;;/h6,8-11H,1,7,12-14H2,2-5H3;4,6-9H,5,10-11H2,1-3H3;1,3H2,2H3;3-4H,1-2H3;3*1H4;1H/q+1;;;;;;;/p-1. The van der Waals surface area contributed by atoms with Crippen molar-refractivity contribution in [1.29, 1.82) is 0 Å². The number of likely N-dealkylation sites (N-methyl/N-ethyl adjacent to an activating group) is 1. The molecule has 6 rings (SSSR count). The molecule has 1 N–H and O–H groups in total. The second-order valence-electron chi connectivity index (χ2n) is 16.1. The Balaban J connectivity index is 0. The summed E-state index contributed by atoms with van der Waals surface area (Å²) in [5.74, 6) is 1.03. The van der Waals surface area contributed by atoms with Crippen molar-refractivity contribution in [3.63, 3.8) is 0 Å². The van der Waals surface area contributed by atoms with Gasteiger partial charge in [0.25, 0.3) is 23.6 Å². The molecule has 0 fully saturated rings. The zero-order valence-corrected chi connectivity index (χ0v) is 38.4. The minimum atomic E-state index is -0.225. The third kappa shape index (κ3) is 15.8. The van der Waals surface area contributed by atoms with Crippen LogP contribution in [0.2, 0.25) is 0 Å². The van der Waals surface area contributed by atoms with E-state index in [2.05, 4.69) is 27.3 Å². The largest absolute Gasteiger partial charge is 1.00 e. The van der Waals surface area contributed by atoms with E-state index in [1.54, 1.807) is 64.5 Å². The van der Waals surface area contributed by atoms with Gasteiger partial charge in [0.15, 0.2) is 0 Å². The van der Waals surface area contributed by atoms with Crippen molar-refractivity contribution in [2.75, 3.05) is 81.0 Å². The van der Waals surface area contributed by atoms with Gasteiger partial charge in [0, 0.05) is 75.3 Å². The number of hydrogen-bond acceptors (Lipinski definition) is 8. The van der Waals surface area contributed by atoms with Crippen LogP contribution >= 0.6 is 11.6 Å². The number of rotatable bonds is 13. The van der Waals surface area contributed by atoms with Crippen molar-refractivity contribution >= 4 is 56.8 Å². The molecule has 0 bridgehead atoms. The van der Waals surface area contributed by atoms with Crippen LogP contribution in [0.4, 0.5) is 0 Å². The maximum absolute atomic E-state index is 13.0. The summed E-state index contributed by atoms with van der Waals surface area (Å²) in [7, 11) is 11.4. The Kier molecular flexibility index (Phi) is 26.2. The average molecular weight is 914 g/mol. The molecule has 2 aliphatic heterocycles. The SMILES string of the molecule is C.C.C.C=C(C)CCl.C=C(C)C[N+](C)(C)CCCN1C(=O)c2cccc3c(OC)ccc(c23)C1=O.CC(C)O.COc1ccc2c3c(cccc13)C(=O)N(CCCN(C)C)C2=O.[Cl-]. The predicted molar refractivity (Wildman–Crippen MR) is 259 cm³/mol. The molecule has 350 valence electrons. The van der Waals surface area contributed by atoms with Gasteiger partial charge >= 0.3 is 0 Å². The van der Waals surface area contributed by atoms with Gasteiger partial charge in [0.05, 0.1) is 41.4 Å². The number of alkyl halides is 1. The molecule has 0 unspecified atom stereocenters. The fourth-order valence-corrected chi connectivity index (χ4v) is 7.01. The molecular weight excluding hydrogens is 839 g/mol. The Morgan fingerprint density at radius 1 is 0.698 bits per heavy atom. The zero-order chi connectivity index (χ0) is 44.2. The van der Waals surface area contributed by atoms with Gasteiger partial charge in [0.1, 0.15) is 11.5 Å². The third-order valence-electron chi connectivity index (χ3n) is 9.40. The Morgan fingerprint density at radius 3 is 1.37 bits per heavy atom. The molecule has 0 saturated carbocycles. The summed E-state index contributed by atoms with van der Waals surface area (Å²) in [6, 6.07) is 18.1. The molecule has 4 aromatic rings. The second kappa shape index (κ2) is 27.4. The number of carbonyl (C=O) groups is 4. The lowest BCUT2D eigenvalue weighted by molar-refractivity contribution is -0.885. The number of methoxy groups -OCH3 is 2. The van der Waals surface area contributed by atoms with Crippen LogP contribution in [0, 0.1) is 0 Å². The van der Waals surface area contributed by atoms with Crippen molar-refractivity contribution in [1.82, 2.24) is 14.7 Å². The molecule has 2 heterocycles. The number of halogens is 2. The van der Waals surface area contributed by atoms with E-state index in [1.807, 2.05) is 57.1 Å². The smallest absolute Gasteiger partial charge is 0.261 e. The lowest BCUT2D eigenvalue weighted by Crippen LogP contribution is -3.00. The second-order valence-corrected chi connectivity index (χ2v) is 16.3. The van der Waals surface area contributed by atoms with Crippen LogP contribution in [0.5, 0.6) is 11.5 Å². The summed E-state index contributed by atoms with van der Waals surface area (Å²) in [5, 5.41) is 11.1. The molecule has 0 saturated heterocycles. The monoisotopic (exact) mass is 912 g/mol. The number of amides is 4. The summed E-state index contributed by atoms with van der Waals surface area (Å²) in [5.41, 5.74) is 4.42. The predicted octanol–water partition coefficient (Wildman–Crippen LogP) is 6.98. The number of aliphatic hydroxyl groups is 1. The van der Waals surface area contributed by atoms with Crippen LogP contribution in [-0.2, 0) is 0 Å². The van der Waals surface area contributed by atoms with Gasteiger partial charge in [-0.15, -0.1) is 11.6 Å². The van der Waals surface area contributed by atoms with Crippen molar-refractivity contribution in [3.05, 3.63) is 107 Å². The molecule has 11 nitrogen and oxygen atoms in total. The fourth-order valence-electron chi connectivity index (χ4n) is 7.01. The number of quaternary nitrogens is 1. The average Bonchev–Trinajstić information content (AvgIpc) is 3.17. The van der Waals surface area contributed by atoms with Gasteiger partial charge in [0.2, 0.25) is 0 Å². The third-order valence-corrected chi connectivity index (χ3v) is 9.86. The highest BCUT2D eigenvalue weighted by molar-refractivity contribution is 6.27. The maximum atomic E-state index is 13.0. The number of carbonyl (C=O) groups excluding carboxylic acids is 4. The van der Waals surface area contributed by atoms with Crippen molar-refractivity contribution < 1.29 is 50.6 Å². The van der Waals surface area contributed by atoms with Gasteiger partial charge < -0.3 is 36.4 Å². The minimum absolute atomic E-state index is 0. The van der Waals surface area contributed by atoms with E-state index in [4.69, 9.17) is 26.2 Å². The van der Waals surface area contributed by atoms with Gasteiger partial charge in [-0.3, -0.25) is 29.0 Å². The first-order chi connectivity index (χ1) is 27.8. The highest BCUT2D eigenvalue weighted by atomic mass is 35.5. The summed E-state index contributed by atoms with van der Waals surface area (Å²) in [6.45, 7) is 18.3. The molecule has 0 radical (unpaired) electrons. The van der Waals surface area contributed by atoms with Crippen LogP contribution in [0.3, 0.4) is 0 Å². The number of aliphatic hydroxyl groups excluding tert-OH is 1. The molecule has 63 heavy (non-hydrogen) atoms. The first-order valence-electron chi connectivity index (χ1n) is 19.7. The highest BCUT2D eigenvalue weighted by Gasteiger charge is 2.34. The minimum Gasteiger partial charge on any atom is -1.00 e. The Morgan fingerprint density at radius 2 is 1.05 bits per heavy atom. The van der Waals surface area contributed by atoms with Gasteiger partial charge in [-0.1, -0.05) is 65.3 Å². The summed E-state index contributed by atoms with van der Waals surface area (Å²) in [6.07, 6.45) is 1.34. The van der Waals surface area contributed by atoms with E-state index in [0.717, 1.165) is 58.9 Å². The zero-order valence-electron chi connectivity index (χ0n) is 36.9. The molecule has 13 heteroatoms. The fraction of sp³-hybridized carbons (Fsp3) is 0.440. The molecule has 2 aliphatic rings. The van der Waals surface area contributed by atoms with E-state index in [-0.39, 0.29) is 64.4 Å². The van der Waals surface area contributed by atoms with Gasteiger partial charge in [-0.05, 0) is 96.7 Å². The van der Waals surface area contributed by atoms with E-state index in [1.165, 1.54) is 9.80 Å². The number of imide groups is 2. The first kappa shape index (κ1) is 60.3. The maximum Gasteiger partial charge on any atom is 0.261 e.